The fraction of sp³-hybridized carbons (Fsp3) is 0.143. The highest BCUT2D eigenvalue weighted by Crippen LogP contribution is 2.40. The maximum absolute atomic E-state index is 13.5. The average Bonchev–Trinajstić information content (AvgIpc) is 3.74. The van der Waals surface area contributed by atoms with Gasteiger partial charge in [-0.2, -0.15) is 0 Å². The van der Waals surface area contributed by atoms with E-state index in [2.05, 4.69) is 15.0 Å². The Labute approximate surface area is 228 Å². The van der Waals surface area contributed by atoms with Crippen molar-refractivity contribution in [2.24, 2.45) is 0 Å². The summed E-state index contributed by atoms with van der Waals surface area (Å²) in [5.74, 6) is 0.639. The summed E-state index contributed by atoms with van der Waals surface area (Å²) in [6.45, 7) is 2.61. The van der Waals surface area contributed by atoms with Crippen LogP contribution < -0.4 is 0 Å². The second-order valence-electron chi connectivity index (χ2n) is 9.56. The highest BCUT2D eigenvalue weighted by molar-refractivity contribution is 7.90. The molecule has 2 aromatic carbocycles. The minimum Gasteiger partial charge on any atom is -0.377 e. The topological polar surface area (TPSA) is 116 Å². The highest BCUT2D eigenvalue weighted by atomic mass is 32.2. The van der Waals surface area contributed by atoms with Gasteiger partial charge in [-0.1, -0.05) is 35.9 Å². The number of aryl methyl sites for hydroxylation is 2. The zero-order valence-corrected chi connectivity index (χ0v) is 22.4. The third-order valence-corrected chi connectivity index (χ3v) is 9.68. The van der Waals surface area contributed by atoms with Gasteiger partial charge in [-0.05, 0) is 30.7 Å². The minimum absolute atomic E-state index is 0.171. The summed E-state index contributed by atoms with van der Waals surface area (Å²) in [5, 5.41) is 14.0. The molecule has 4 aromatic heterocycles. The van der Waals surface area contributed by atoms with Gasteiger partial charge in [0.05, 0.1) is 16.2 Å². The number of aliphatic hydroxyl groups is 1. The SMILES string of the molecule is Cc1ccc(S(=O)(=O)n2cc(-c3nc(-c4cccc([C@]5(O)CCn6ccnc65)c4)cs3)c3nccnc32)cc1. The second-order valence-corrected chi connectivity index (χ2v) is 12.2. The number of imidazole rings is 1. The first-order valence-electron chi connectivity index (χ1n) is 12.3. The second kappa shape index (κ2) is 8.67. The summed E-state index contributed by atoms with van der Waals surface area (Å²) in [4.78, 5) is 18.2. The number of hydrogen-bond acceptors (Lipinski definition) is 8. The van der Waals surface area contributed by atoms with E-state index in [0.717, 1.165) is 16.7 Å². The van der Waals surface area contributed by atoms with E-state index >= 15 is 0 Å². The van der Waals surface area contributed by atoms with Crippen LogP contribution in [0, 0.1) is 6.92 Å². The summed E-state index contributed by atoms with van der Waals surface area (Å²) >= 11 is 1.40. The Kier molecular flexibility index (Phi) is 5.31. The van der Waals surface area contributed by atoms with Crippen molar-refractivity contribution in [1.29, 1.82) is 0 Å². The molecule has 5 heterocycles. The molecular weight excluding hydrogens is 532 g/mol. The van der Waals surface area contributed by atoms with Crippen molar-refractivity contribution in [1.82, 2.24) is 28.5 Å². The monoisotopic (exact) mass is 554 g/mol. The Hall–Kier alpha value is -4.19. The first kappa shape index (κ1) is 23.9. The smallest absolute Gasteiger partial charge is 0.269 e. The van der Waals surface area contributed by atoms with E-state index < -0.39 is 15.6 Å². The molecule has 0 spiro atoms. The van der Waals surface area contributed by atoms with Crippen LogP contribution in [0.15, 0.2) is 89.8 Å². The van der Waals surface area contributed by atoms with Crippen molar-refractivity contribution >= 4 is 32.5 Å². The van der Waals surface area contributed by atoms with Crippen LogP contribution in [0.5, 0.6) is 0 Å². The van der Waals surface area contributed by atoms with Crippen LogP contribution in [-0.2, 0) is 22.2 Å². The average molecular weight is 555 g/mol. The van der Waals surface area contributed by atoms with Crippen LogP contribution in [0.3, 0.4) is 0 Å². The fourth-order valence-corrected chi connectivity index (χ4v) is 7.22. The van der Waals surface area contributed by atoms with Gasteiger partial charge in [0.15, 0.2) is 5.65 Å². The molecule has 1 aliphatic heterocycles. The van der Waals surface area contributed by atoms with Crippen LogP contribution in [0.1, 0.15) is 23.4 Å². The Morgan fingerprint density at radius 3 is 2.69 bits per heavy atom. The van der Waals surface area contributed by atoms with Crippen molar-refractivity contribution in [3.63, 3.8) is 0 Å². The Balaban J connectivity index is 1.29. The predicted octanol–water partition coefficient (Wildman–Crippen LogP) is 4.60. The lowest BCUT2D eigenvalue weighted by Gasteiger charge is -2.22. The summed E-state index contributed by atoms with van der Waals surface area (Å²) < 4.78 is 30.2. The van der Waals surface area contributed by atoms with Crippen LogP contribution in [-0.4, -0.2) is 42.0 Å². The maximum Gasteiger partial charge on any atom is 0.269 e. The lowest BCUT2D eigenvalue weighted by Crippen LogP contribution is -2.25. The van der Waals surface area contributed by atoms with Gasteiger partial charge in [-0.25, -0.2) is 27.3 Å². The van der Waals surface area contributed by atoms with Crippen molar-refractivity contribution in [2.75, 3.05) is 0 Å². The van der Waals surface area contributed by atoms with Gasteiger partial charge in [0.25, 0.3) is 10.0 Å². The molecule has 9 nitrogen and oxygen atoms in total. The van der Waals surface area contributed by atoms with E-state index in [0.29, 0.717) is 40.6 Å². The molecule has 0 saturated carbocycles. The normalized spacial score (nSPS) is 17.1. The Morgan fingerprint density at radius 2 is 1.85 bits per heavy atom. The van der Waals surface area contributed by atoms with Gasteiger partial charge in [-0.3, -0.25) is 4.98 Å². The molecule has 0 amide bonds. The molecule has 1 aliphatic rings. The van der Waals surface area contributed by atoms with E-state index in [1.165, 1.54) is 21.5 Å². The summed E-state index contributed by atoms with van der Waals surface area (Å²) in [7, 11) is -3.90. The Bertz CT molecular complexity index is 1970. The predicted molar refractivity (Wildman–Crippen MR) is 148 cm³/mol. The number of benzene rings is 2. The fourth-order valence-electron chi connectivity index (χ4n) is 5.07. The van der Waals surface area contributed by atoms with E-state index in [1.807, 2.05) is 47.3 Å². The molecule has 0 saturated heterocycles. The summed E-state index contributed by atoms with van der Waals surface area (Å²) in [6.07, 6.45) is 8.69. The van der Waals surface area contributed by atoms with Crippen LogP contribution in [0.25, 0.3) is 33.0 Å². The van der Waals surface area contributed by atoms with Crippen LogP contribution >= 0.6 is 11.3 Å². The zero-order valence-electron chi connectivity index (χ0n) is 20.8. The number of fused-ring (bicyclic) bond motifs is 2. The van der Waals surface area contributed by atoms with Gasteiger partial charge in [0, 0.05) is 54.9 Å². The molecule has 11 heteroatoms. The molecule has 0 aliphatic carbocycles. The molecule has 194 valence electrons. The maximum atomic E-state index is 13.5. The van der Waals surface area contributed by atoms with E-state index in [-0.39, 0.29) is 10.5 Å². The molecule has 39 heavy (non-hydrogen) atoms. The van der Waals surface area contributed by atoms with E-state index in [9.17, 15) is 13.5 Å². The molecule has 0 radical (unpaired) electrons. The first-order valence-corrected chi connectivity index (χ1v) is 14.6. The number of hydrogen-bond donors (Lipinski definition) is 1. The number of nitrogens with zero attached hydrogens (tertiary/aromatic N) is 6. The van der Waals surface area contributed by atoms with Gasteiger partial charge in [0.1, 0.15) is 21.9 Å². The van der Waals surface area contributed by atoms with Crippen LogP contribution in [0.4, 0.5) is 0 Å². The van der Waals surface area contributed by atoms with Gasteiger partial charge in [0.2, 0.25) is 0 Å². The molecule has 0 bridgehead atoms. The largest absolute Gasteiger partial charge is 0.377 e. The number of aromatic nitrogens is 6. The lowest BCUT2D eigenvalue weighted by atomic mass is 9.90. The molecule has 1 N–H and O–H groups in total. The summed E-state index contributed by atoms with van der Waals surface area (Å²) in [6, 6.07) is 14.4. The van der Waals surface area contributed by atoms with Gasteiger partial charge >= 0.3 is 0 Å². The van der Waals surface area contributed by atoms with Gasteiger partial charge in [-0.15, -0.1) is 11.3 Å². The quantitative estimate of drug-likeness (QED) is 0.331. The lowest BCUT2D eigenvalue weighted by molar-refractivity contribution is 0.0786. The number of rotatable bonds is 5. The van der Waals surface area contributed by atoms with Crippen molar-refractivity contribution < 1.29 is 13.5 Å². The van der Waals surface area contributed by atoms with Crippen molar-refractivity contribution in [3.8, 4) is 21.8 Å². The van der Waals surface area contributed by atoms with E-state index in [1.54, 1.807) is 42.9 Å². The summed E-state index contributed by atoms with van der Waals surface area (Å²) in [5.41, 5.74) is 3.40. The molecule has 1 atom stereocenters. The third kappa shape index (κ3) is 3.73. The molecule has 6 aromatic rings. The zero-order chi connectivity index (χ0) is 26.8. The number of thiazole rings is 1. The van der Waals surface area contributed by atoms with Crippen LogP contribution in [0.2, 0.25) is 0 Å². The van der Waals surface area contributed by atoms with Gasteiger partial charge < -0.3 is 9.67 Å². The van der Waals surface area contributed by atoms with Crippen molar-refractivity contribution in [2.45, 2.75) is 30.4 Å². The molecule has 7 rings (SSSR count). The highest BCUT2D eigenvalue weighted by Gasteiger charge is 2.40. The van der Waals surface area contributed by atoms with Crippen molar-refractivity contribution in [3.05, 3.63) is 102 Å². The minimum atomic E-state index is -3.90. The van der Waals surface area contributed by atoms with E-state index in [4.69, 9.17) is 4.98 Å². The standard InChI is InChI=1S/C28H22N6O3S2/c1-18-5-7-21(8-6-18)39(36,37)34-16-22(24-25(34)30-11-10-29-24)26-32-23(17-38-26)19-3-2-4-20(15-19)28(35)9-13-33-14-12-31-27(28)33/h2-8,10-12,14-17,35H,9,13H2,1H3/t28-/m1/s1. The molecule has 0 unspecified atom stereocenters. The third-order valence-electron chi connectivity index (χ3n) is 7.14. The first-order chi connectivity index (χ1) is 18.8. The Morgan fingerprint density at radius 1 is 1.03 bits per heavy atom. The molecular formula is C28H22N6O3S2. The molecule has 0 fully saturated rings.